The van der Waals surface area contributed by atoms with Crippen LogP contribution in [0.25, 0.3) is 0 Å². The van der Waals surface area contributed by atoms with Gasteiger partial charge in [-0.05, 0) is 6.92 Å². The van der Waals surface area contributed by atoms with E-state index in [1.807, 2.05) is 0 Å². The lowest BCUT2D eigenvalue weighted by Crippen LogP contribution is -2.28. The first-order valence-corrected chi connectivity index (χ1v) is 5.22. The second-order valence-electron chi connectivity index (χ2n) is 2.70. The molecule has 0 rings (SSSR count). The van der Waals surface area contributed by atoms with Gasteiger partial charge in [0.1, 0.15) is 6.04 Å². The van der Waals surface area contributed by atoms with Crippen LogP contribution in [0, 0.1) is 0 Å². The van der Waals surface area contributed by atoms with Gasteiger partial charge in [0.25, 0.3) is 0 Å². The van der Waals surface area contributed by atoms with Gasteiger partial charge in [-0.15, -0.1) is 0 Å². The largest absolute Gasteiger partial charge is 0.480 e. The van der Waals surface area contributed by atoms with Crippen LogP contribution in [0.5, 0.6) is 0 Å². The SMILES string of the molecule is C/C(=C/[C@@H](N)C(=O)O)CP(=O)(O)O. The van der Waals surface area contributed by atoms with Crippen LogP contribution in [-0.2, 0) is 9.36 Å². The molecule has 5 N–H and O–H groups in total. The molecule has 7 heteroatoms. The Hall–Kier alpha value is -0.680. The van der Waals surface area contributed by atoms with Crippen molar-refractivity contribution in [2.45, 2.75) is 13.0 Å². The molecular weight excluding hydrogens is 197 g/mol. The van der Waals surface area contributed by atoms with Crippen LogP contribution >= 0.6 is 7.60 Å². The monoisotopic (exact) mass is 209 g/mol. The summed E-state index contributed by atoms with van der Waals surface area (Å²) in [5.41, 5.74) is 5.37. The number of aliphatic carboxylic acids is 1. The van der Waals surface area contributed by atoms with Crippen LogP contribution in [0.2, 0.25) is 0 Å². The molecule has 0 aromatic rings. The average molecular weight is 209 g/mol. The van der Waals surface area contributed by atoms with E-state index in [4.69, 9.17) is 20.6 Å². The van der Waals surface area contributed by atoms with Crippen molar-refractivity contribution in [2.75, 3.05) is 6.16 Å². The highest BCUT2D eigenvalue weighted by Gasteiger charge is 2.15. The Morgan fingerprint density at radius 2 is 2.08 bits per heavy atom. The molecule has 0 amide bonds. The summed E-state index contributed by atoms with van der Waals surface area (Å²) < 4.78 is 10.5. The molecule has 0 radical (unpaired) electrons. The molecule has 0 aliphatic carbocycles. The second kappa shape index (κ2) is 4.53. The van der Waals surface area contributed by atoms with Crippen molar-refractivity contribution in [3.05, 3.63) is 11.6 Å². The number of carbonyl (C=O) groups is 1. The summed E-state index contributed by atoms with van der Waals surface area (Å²) in [5, 5.41) is 8.37. The van der Waals surface area contributed by atoms with Gasteiger partial charge in [-0.3, -0.25) is 9.36 Å². The van der Waals surface area contributed by atoms with Crippen LogP contribution < -0.4 is 5.73 Å². The third kappa shape index (κ3) is 6.48. The van der Waals surface area contributed by atoms with Crippen molar-refractivity contribution in [1.29, 1.82) is 0 Å². The van der Waals surface area contributed by atoms with E-state index in [1.54, 1.807) is 0 Å². The summed E-state index contributed by atoms with van der Waals surface area (Å²) in [6.07, 6.45) is 0.648. The van der Waals surface area contributed by atoms with E-state index >= 15 is 0 Å². The van der Waals surface area contributed by atoms with Crippen LogP contribution in [0.4, 0.5) is 0 Å². The number of rotatable bonds is 4. The molecule has 0 aliphatic rings. The average Bonchev–Trinajstić information content (AvgIpc) is 1.81. The lowest BCUT2D eigenvalue weighted by Gasteiger charge is -2.05. The van der Waals surface area contributed by atoms with Crippen molar-refractivity contribution >= 4 is 13.6 Å². The van der Waals surface area contributed by atoms with E-state index in [-0.39, 0.29) is 5.57 Å². The number of allylic oxidation sites excluding steroid dienone is 1. The zero-order chi connectivity index (χ0) is 10.6. The maximum Gasteiger partial charge on any atom is 0.329 e. The standard InChI is InChI=1S/C6H12NO5P/c1-4(3-13(10,11)12)2-5(7)6(8)9/h2,5H,3,7H2,1H3,(H,8,9)(H2,10,11,12)/b4-2-/t5-/m1/s1. The van der Waals surface area contributed by atoms with Gasteiger partial charge in [0, 0.05) is 0 Å². The molecule has 0 saturated heterocycles. The van der Waals surface area contributed by atoms with Gasteiger partial charge < -0.3 is 20.6 Å². The smallest absolute Gasteiger partial charge is 0.329 e. The molecule has 0 aromatic heterocycles. The highest BCUT2D eigenvalue weighted by Crippen LogP contribution is 2.36. The minimum absolute atomic E-state index is 0.267. The van der Waals surface area contributed by atoms with E-state index in [1.165, 1.54) is 6.92 Å². The Balaban J connectivity index is 4.34. The molecule has 0 saturated carbocycles. The van der Waals surface area contributed by atoms with Gasteiger partial charge in [0.15, 0.2) is 0 Å². The topological polar surface area (TPSA) is 121 Å². The third-order valence-electron chi connectivity index (χ3n) is 1.20. The third-order valence-corrected chi connectivity index (χ3v) is 2.12. The zero-order valence-corrected chi connectivity index (χ0v) is 7.94. The number of carboxylic acid groups (broad SMARTS) is 1. The molecule has 0 bridgehead atoms. The van der Waals surface area contributed by atoms with Gasteiger partial charge in [-0.1, -0.05) is 11.6 Å². The lowest BCUT2D eigenvalue weighted by molar-refractivity contribution is -0.137. The van der Waals surface area contributed by atoms with E-state index in [2.05, 4.69) is 0 Å². The number of carboxylic acids is 1. The first-order chi connectivity index (χ1) is 5.72. The summed E-state index contributed by atoms with van der Waals surface area (Å²) in [5.74, 6) is -1.23. The van der Waals surface area contributed by atoms with Gasteiger partial charge in [-0.25, -0.2) is 0 Å². The molecule has 76 valence electrons. The number of hydrogen-bond donors (Lipinski definition) is 4. The molecule has 0 heterocycles. The maximum absolute atomic E-state index is 10.5. The predicted molar refractivity (Wildman–Crippen MR) is 46.3 cm³/mol. The van der Waals surface area contributed by atoms with Crippen LogP contribution in [0.3, 0.4) is 0 Å². The first-order valence-electron chi connectivity index (χ1n) is 3.42. The predicted octanol–water partition coefficient (Wildman–Crippen LogP) is -0.478. The van der Waals surface area contributed by atoms with Crippen LogP contribution in [-0.4, -0.2) is 33.1 Å². The molecular formula is C6H12NO5P. The molecule has 0 aliphatic heterocycles. The summed E-state index contributed by atoms with van der Waals surface area (Å²) in [6.45, 7) is 1.42. The Labute approximate surface area is 75.2 Å². The van der Waals surface area contributed by atoms with Crippen LogP contribution in [0.1, 0.15) is 6.92 Å². The highest BCUT2D eigenvalue weighted by atomic mass is 31.2. The lowest BCUT2D eigenvalue weighted by atomic mass is 10.2. The Morgan fingerprint density at radius 3 is 2.38 bits per heavy atom. The van der Waals surface area contributed by atoms with Crippen molar-refractivity contribution in [1.82, 2.24) is 0 Å². The summed E-state index contributed by atoms with van der Waals surface area (Å²) >= 11 is 0. The van der Waals surface area contributed by atoms with Crippen LogP contribution in [0.15, 0.2) is 11.6 Å². The van der Waals surface area contributed by atoms with Crippen molar-refractivity contribution < 1.29 is 24.3 Å². The molecule has 0 spiro atoms. The minimum atomic E-state index is -4.13. The normalized spacial score (nSPS) is 15.5. The fraction of sp³-hybridized carbons (Fsp3) is 0.500. The van der Waals surface area contributed by atoms with Gasteiger partial charge >= 0.3 is 13.6 Å². The summed E-state index contributed by atoms with van der Waals surface area (Å²) in [6, 6.07) is -1.22. The summed E-state index contributed by atoms with van der Waals surface area (Å²) in [7, 11) is -4.13. The van der Waals surface area contributed by atoms with E-state index in [9.17, 15) is 9.36 Å². The summed E-state index contributed by atoms with van der Waals surface area (Å²) in [4.78, 5) is 27.3. The van der Waals surface area contributed by atoms with E-state index in [0.717, 1.165) is 6.08 Å². The maximum atomic E-state index is 10.5. The van der Waals surface area contributed by atoms with E-state index < -0.39 is 25.8 Å². The van der Waals surface area contributed by atoms with E-state index in [0.29, 0.717) is 0 Å². The van der Waals surface area contributed by atoms with Gasteiger partial charge in [0.05, 0.1) is 6.16 Å². The minimum Gasteiger partial charge on any atom is -0.480 e. The molecule has 0 fully saturated rings. The molecule has 0 unspecified atom stereocenters. The highest BCUT2D eigenvalue weighted by molar-refractivity contribution is 7.52. The molecule has 0 aromatic carbocycles. The molecule has 1 atom stereocenters. The van der Waals surface area contributed by atoms with Crippen molar-refractivity contribution in [3.8, 4) is 0 Å². The molecule has 13 heavy (non-hydrogen) atoms. The molecule has 6 nitrogen and oxygen atoms in total. The number of nitrogens with two attached hydrogens (primary N) is 1. The first kappa shape index (κ1) is 12.3. The van der Waals surface area contributed by atoms with Crippen molar-refractivity contribution in [2.24, 2.45) is 5.73 Å². The van der Waals surface area contributed by atoms with Gasteiger partial charge in [-0.2, -0.15) is 0 Å². The fourth-order valence-corrected chi connectivity index (χ4v) is 1.51. The second-order valence-corrected chi connectivity index (χ2v) is 4.35. The Bertz CT molecular complexity index is 268. The van der Waals surface area contributed by atoms with Crippen molar-refractivity contribution in [3.63, 3.8) is 0 Å². The number of hydrogen-bond acceptors (Lipinski definition) is 3. The van der Waals surface area contributed by atoms with Gasteiger partial charge in [0.2, 0.25) is 0 Å². The Morgan fingerprint density at radius 1 is 1.62 bits per heavy atom. The zero-order valence-electron chi connectivity index (χ0n) is 7.04. The quantitative estimate of drug-likeness (QED) is 0.366. The Kier molecular flexibility index (Phi) is 4.29. The fourth-order valence-electron chi connectivity index (χ4n) is 0.755.